The van der Waals surface area contributed by atoms with E-state index in [4.69, 9.17) is 4.99 Å². The molecule has 110 valence electrons. The molecular weight excluding hydrogens is 286 g/mol. The highest BCUT2D eigenvalue weighted by molar-refractivity contribution is 8.13. The van der Waals surface area contributed by atoms with E-state index in [1.165, 1.54) is 37.9 Å². The van der Waals surface area contributed by atoms with Gasteiger partial charge in [-0.2, -0.15) is 0 Å². The molecule has 1 aliphatic heterocycles. The van der Waals surface area contributed by atoms with Crippen molar-refractivity contribution in [2.24, 2.45) is 10.4 Å². The summed E-state index contributed by atoms with van der Waals surface area (Å²) < 4.78 is 0. The number of thiazole rings is 1. The Bertz CT molecular complexity index is 473. The SMILES string of the molecule is CC(C)(NC1=NCC2(CCCCC2)CS1)c1nccs1. The van der Waals surface area contributed by atoms with Crippen molar-refractivity contribution in [3.05, 3.63) is 16.6 Å². The normalized spacial score (nSPS) is 22.6. The maximum Gasteiger partial charge on any atom is 0.157 e. The van der Waals surface area contributed by atoms with Gasteiger partial charge in [0, 0.05) is 23.9 Å². The van der Waals surface area contributed by atoms with Crippen LogP contribution in [-0.4, -0.2) is 22.4 Å². The van der Waals surface area contributed by atoms with Gasteiger partial charge in [0.2, 0.25) is 0 Å². The van der Waals surface area contributed by atoms with Gasteiger partial charge in [0.25, 0.3) is 0 Å². The average Bonchev–Trinajstić information content (AvgIpc) is 2.98. The molecule has 0 unspecified atom stereocenters. The summed E-state index contributed by atoms with van der Waals surface area (Å²) in [5, 5.41) is 7.84. The molecule has 0 saturated heterocycles. The fourth-order valence-electron chi connectivity index (χ4n) is 3.09. The summed E-state index contributed by atoms with van der Waals surface area (Å²) in [4.78, 5) is 9.28. The number of amidine groups is 1. The molecule has 0 atom stereocenters. The quantitative estimate of drug-likeness (QED) is 0.896. The largest absolute Gasteiger partial charge is 0.354 e. The number of aromatic nitrogens is 1. The molecule has 2 heterocycles. The topological polar surface area (TPSA) is 37.3 Å². The molecule has 1 aromatic heterocycles. The standard InChI is InChI=1S/C15H23N3S2/c1-14(2,12-16-8-9-19-12)18-13-17-10-15(11-20-13)6-4-3-5-7-15/h8-9H,3-7,10-11H2,1-2H3,(H,17,18). The molecule has 20 heavy (non-hydrogen) atoms. The summed E-state index contributed by atoms with van der Waals surface area (Å²) in [6, 6.07) is 0. The van der Waals surface area contributed by atoms with Crippen LogP contribution in [0, 0.1) is 5.41 Å². The molecule has 1 spiro atoms. The Morgan fingerprint density at radius 1 is 1.25 bits per heavy atom. The van der Waals surface area contributed by atoms with Crippen LogP contribution in [0.3, 0.4) is 0 Å². The van der Waals surface area contributed by atoms with Gasteiger partial charge in [-0.25, -0.2) is 4.98 Å². The second-order valence-electron chi connectivity index (χ2n) is 6.56. The second kappa shape index (κ2) is 5.68. The zero-order valence-corrected chi connectivity index (χ0v) is 13.9. The Morgan fingerprint density at radius 2 is 2.05 bits per heavy atom. The Balaban J connectivity index is 1.65. The molecule has 1 fully saturated rings. The minimum atomic E-state index is -0.128. The van der Waals surface area contributed by atoms with E-state index in [0.29, 0.717) is 5.41 Å². The van der Waals surface area contributed by atoms with Crippen LogP contribution in [0.15, 0.2) is 16.6 Å². The molecule has 1 aromatic rings. The van der Waals surface area contributed by atoms with Crippen LogP contribution >= 0.6 is 23.1 Å². The zero-order valence-electron chi connectivity index (χ0n) is 12.3. The van der Waals surface area contributed by atoms with E-state index in [1.54, 1.807) is 11.3 Å². The van der Waals surface area contributed by atoms with Crippen molar-refractivity contribution in [2.45, 2.75) is 51.5 Å². The molecule has 1 aliphatic carbocycles. The van der Waals surface area contributed by atoms with E-state index in [0.717, 1.165) is 16.7 Å². The minimum absolute atomic E-state index is 0.128. The predicted molar refractivity (Wildman–Crippen MR) is 88.6 cm³/mol. The van der Waals surface area contributed by atoms with Crippen LogP contribution < -0.4 is 5.32 Å². The Morgan fingerprint density at radius 3 is 2.65 bits per heavy atom. The fourth-order valence-corrected chi connectivity index (χ4v) is 5.11. The first kappa shape index (κ1) is 14.4. The first-order valence-corrected chi connectivity index (χ1v) is 9.32. The highest BCUT2D eigenvalue weighted by Gasteiger charge is 2.36. The first-order valence-electron chi connectivity index (χ1n) is 7.45. The van der Waals surface area contributed by atoms with Crippen molar-refractivity contribution in [3.8, 4) is 0 Å². The summed E-state index contributed by atoms with van der Waals surface area (Å²) in [6.07, 6.45) is 8.81. The molecule has 2 aliphatic rings. The van der Waals surface area contributed by atoms with Crippen LogP contribution in [0.2, 0.25) is 0 Å². The van der Waals surface area contributed by atoms with Gasteiger partial charge in [0.15, 0.2) is 5.17 Å². The van der Waals surface area contributed by atoms with E-state index >= 15 is 0 Å². The van der Waals surface area contributed by atoms with Crippen LogP contribution in [0.25, 0.3) is 0 Å². The molecule has 0 aromatic carbocycles. The average molecular weight is 310 g/mol. The molecule has 5 heteroatoms. The third kappa shape index (κ3) is 3.03. The van der Waals surface area contributed by atoms with Gasteiger partial charge < -0.3 is 5.32 Å². The number of hydrogen-bond donors (Lipinski definition) is 1. The molecule has 0 bridgehead atoms. The lowest BCUT2D eigenvalue weighted by atomic mass is 9.75. The van der Waals surface area contributed by atoms with Crippen molar-refractivity contribution >= 4 is 28.3 Å². The highest BCUT2D eigenvalue weighted by atomic mass is 32.2. The summed E-state index contributed by atoms with van der Waals surface area (Å²) in [7, 11) is 0. The van der Waals surface area contributed by atoms with Gasteiger partial charge in [-0.15, -0.1) is 11.3 Å². The monoisotopic (exact) mass is 309 g/mol. The van der Waals surface area contributed by atoms with Gasteiger partial charge in [-0.3, -0.25) is 4.99 Å². The number of nitrogens with one attached hydrogen (secondary N) is 1. The summed E-state index contributed by atoms with van der Waals surface area (Å²) >= 11 is 3.61. The molecule has 1 saturated carbocycles. The van der Waals surface area contributed by atoms with Crippen LogP contribution in [0.1, 0.15) is 51.0 Å². The van der Waals surface area contributed by atoms with Gasteiger partial charge in [0.1, 0.15) is 5.01 Å². The Kier molecular flexibility index (Phi) is 4.09. The van der Waals surface area contributed by atoms with E-state index in [9.17, 15) is 0 Å². The fraction of sp³-hybridized carbons (Fsp3) is 0.733. The number of thioether (sulfide) groups is 1. The van der Waals surface area contributed by atoms with Gasteiger partial charge in [-0.05, 0) is 32.1 Å². The van der Waals surface area contributed by atoms with E-state index < -0.39 is 0 Å². The number of rotatable bonds is 2. The zero-order chi connectivity index (χ0) is 14.1. The lowest BCUT2D eigenvalue weighted by Gasteiger charge is -2.39. The van der Waals surface area contributed by atoms with E-state index in [2.05, 4.69) is 24.1 Å². The lowest BCUT2D eigenvalue weighted by molar-refractivity contribution is 0.232. The van der Waals surface area contributed by atoms with Crippen molar-refractivity contribution in [3.63, 3.8) is 0 Å². The molecular formula is C15H23N3S2. The lowest BCUT2D eigenvalue weighted by Crippen LogP contribution is -2.43. The maximum absolute atomic E-state index is 4.85. The molecule has 3 rings (SSSR count). The van der Waals surface area contributed by atoms with Crippen LogP contribution in [0.5, 0.6) is 0 Å². The van der Waals surface area contributed by atoms with Crippen molar-refractivity contribution < 1.29 is 0 Å². The third-order valence-corrected chi connectivity index (χ3v) is 6.73. The van der Waals surface area contributed by atoms with Crippen molar-refractivity contribution in [1.29, 1.82) is 0 Å². The molecule has 1 N–H and O–H groups in total. The van der Waals surface area contributed by atoms with E-state index in [-0.39, 0.29) is 5.54 Å². The molecule has 0 amide bonds. The van der Waals surface area contributed by atoms with Gasteiger partial charge in [-0.1, -0.05) is 31.0 Å². The van der Waals surface area contributed by atoms with Crippen molar-refractivity contribution in [1.82, 2.24) is 10.3 Å². The number of hydrogen-bond acceptors (Lipinski definition) is 5. The van der Waals surface area contributed by atoms with Crippen molar-refractivity contribution in [2.75, 3.05) is 12.3 Å². The Labute approximate surface area is 129 Å². The molecule has 0 radical (unpaired) electrons. The minimum Gasteiger partial charge on any atom is -0.354 e. The highest BCUT2D eigenvalue weighted by Crippen LogP contribution is 2.42. The predicted octanol–water partition coefficient (Wildman–Crippen LogP) is 4.02. The summed E-state index contributed by atoms with van der Waals surface area (Å²) in [5.74, 6) is 1.23. The summed E-state index contributed by atoms with van der Waals surface area (Å²) in [6.45, 7) is 5.37. The molecule has 3 nitrogen and oxygen atoms in total. The van der Waals surface area contributed by atoms with Gasteiger partial charge in [0.05, 0.1) is 5.54 Å². The van der Waals surface area contributed by atoms with E-state index in [1.807, 2.05) is 23.3 Å². The van der Waals surface area contributed by atoms with Gasteiger partial charge >= 0.3 is 0 Å². The first-order chi connectivity index (χ1) is 9.60. The van der Waals surface area contributed by atoms with Crippen LogP contribution in [-0.2, 0) is 5.54 Å². The maximum atomic E-state index is 4.85. The Hall–Kier alpha value is -0.550. The second-order valence-corrected chi connectivity index (χ2v) is 8.42. The summed E-state index contributed by atoms with van der Waals surface area (Å²) in [5.41, 5.74) is 0.372. The third-order valence-electron chi connectivity index (χ3n) is 4.37. The number of nitrogens with zero attached hydrogens (tertiary/aromatic N) is 2. The van der Waals surface area contributed by atoms with Crippen LogP contribution in [0.4, 0.5) is 0 Å². The smallest absolute Gasteiger partial charge is 0.157 e. The number of aliphatic imine (C=N–C) groups is 1.